The first-order chi connectivity index (χ1) is 6.74. The monoisotopic (exact) mass is 193 g/mol. The van der Waals surface area contributed by atoms with Gasteiger partial charge in [-0.15, -0.1) is 0 Å². The molecule has 0 fully saturated rings. The zero-order valence-corrected chi connectivity index (χ0v) is 8.82. The van der Waals surface area contributed by atoms with Gasteiger partial charge in [0.2, 0.25) is 0 Å². The van der Waals surface area contributed by atoms with Gasteiger partial charge in [0, 0.05) is 0 Å². The molecule has 0 saturated carbocycles. The van der Waals surface area contributed by atoms with Crippen LogP contribution in [0.4, 0.5) is 0 Å². The summed E-state index contributed by atoms with van der Waals surface area (Å²) in [6.07, 6.45) is 0. The van der Waals surface area contributed by atoms with Crippen molar-refractivity contribution in [2.75, 3.05) is 13.2 Å². The van der Waals surface area contributed by atoms with Gasteiger partial charge in [0.25, 0.3) is 0 Å². The van der Waals surface area contributed by atoms with Gasteiger partial charge in [-0.3, -0.25) is 0 Å². The summed E-state index contributed by atoms with van der Waals surface area (Å²) in [7, 11) is 0. The number of rotatable bonds is 5. The van der Waals surface area contributed by atoms with Crippen molar-refractivity contribution in [3.8, 4) is 11.5 Å². The Kier molecular flexibility index (Phi) is 4.30. The van der Waals surface area contributed by atoms with Gasteiger partial charge >= 0.3 is 0 Å². The first-order valence-corrected chi connectivity index (χ1v) is 4.88. The Hall–Kier alpha value is -1.18. The Bertz CT molecular complexity index is 269. The maximum absolute atomic E-state index is 5.60. The summed E-state index contributed by atoms with van der Waals surface area (Å²) in [5.74, 6) is 2.08. The molecule has 77 valence electrons. The summed E-state index contributed by atoms with van der Waals surface area (Å²) in [5.41, 5.74) is 0. The highest BCUT2D eigenvalue weighted by Gasteiger charge is 2.03. The lowest BCUT2D eigenvalue weighted by Crippen LogP contribution is -2.05. The lowest BCUT2D eigenvalue weighted by atomic mass is 10.2. The van der Waals surface area contributed by atoms with Gasteiger partial charge in [0.1, 0.15) is 0 Å². The summed E-state index contributed by atoms with van der Waals surface area (Å²) in [5, 5.41) is 0. The Labute approximate surface area is 85.8 Å². The highest BCUT2D eigenvalue weighted by molar-refractivity contribution is 5.39. The van der Waals surface area contributed by atoms with E-state index in [-0.39, 0.29) is 0 Å². The second kappa shape index (κ2) is 5.53. The molecular weight excluding hydrogens is 176 g/mol. The van der Waals surface area contributed by atoms with Crippen LogP contribution in [0.5, 0.6) is 11.5 Å². The largest absolute Gasteiger partial charge is 0.490 e. The maximum atomic E-state index is 5.60. The predicted octanol–water partition coefficient (Wildman–Crippen LogP) is 2.93. The van der Waals surface area contributed by atoms with Crippen LogP contribution in [0, 0.1) is 12.8 Å². The van der Waals surface area contributed by atoms with Crippen molar-refractivity contribution in [2.45, 2.75) is 13.8 Å². The summed E-state index contributed by atoms with van der Waals surface area (Å²) >= 11 is 0. The van der Waals surface area contributed by atoms with Crippen molar-refractivity contribution in [3.63, 3.8) is 0 Å². The van der Waals surface area contributed by atoms with E-state index in [1.807, 2.05) is 24.3 Å². The van der Waals surface area contributed by atoms with E-state index in [0.29, 0.717) is 19.1 Å². The molecule has 0 spiro atoms. The second-order valence-electron chi connectivity index (χ2n) is 3.50. The minimum atomic E-state index is 0.419. The van der Waals surface area contributed by atoms with Crippen LogP contribution in [0.15, 0.2) is 24.3 Å². The van der Waals surface area contributed by atoms with Gasteiger partial charge in [-0.1, -0.05) is 26.0 Å². The molecule has 14 heavy (non-hydrogen) atoms. The van der Waals surface area contributed by atoms with Crippen molar-refractivity contribution >= 4 is 0 Å². The van der Waals surface area contributed by atoms with Gasteiger partial charge in [-0.25, -0.2) is 0 Å². The number of hydrogen-bond donors (Lipinski definition) is 0. The zero-order chi connectivity index (χ0) is 10.4. The van der Waals surface area contributed by atoms with Crippen LogP contribution in [0.3, 0.4) is 0 Å². The molecule has 1 aromatic rings. The average Bonchev–Trinajstić information content (AvgIpc) is 2.17. The number of ether oxygens (including phenoxy) is 2. The third-order valence-corrected chi connectivity index (χ3v) is 1.68. The normalized spacial score (nSPS) is 10.3. The van der Waals surface area contributed by atoms with E-state index in [9.17, 15) is 0 Å². The Morgan fingerprint density at radius 3 is 2.21 bits per heavy atom. The van der Waals surface area contributed by atoms with Crippen LogP contribution in [-0.4, -0.2) is 13.2 Å². The van der Waals surface area contributed by atoms with Crippen molar-refractivity contribution < 1.29 is 9.47 Å². The van der Waals surface area contributed by atoms with Gasteiger partial charge in [-0.05, 0) is 25.0 Å². The van der Waals surface area contributed by atoms with Crippen LogP contribution < -0.4 is 9.47 Å². The van der Waals surface area contributed by atoms with Crippen LogP contribution >= 0.6 is 0 Å². The summed E-state index contributed by atoms with van der Waals surface area (Å²) in [6, 6.07) is 7.66. The van der Waals surface area contributed by atoms with E-state index in [2.05, 4.69) is 20.8 Å². The number of hydrogen-bond acceptors (Lipinski definition) is 2. The van der Waals surface area contributed by atoms with Crippen molar-refractivity contribution in [1.29, 1.82) is 0 Å². The fourth-order valence-electron chi connectivity index (χ4n) is 1.06. The molecule has 0 unspecified atom stereocenters. The van der Waals surface area contributed by atoms with Crippen LogP contribution in [0.1, 0.15) is 13.8 Å². The standard InChI is InChI=1S/C12H17O2/c1-4-13-11-7-5-6-8-12(11)14-9-10(2)3/h5-8,10H,1,4,9H2,2-3H3. The van der Waals surface area contributed by atoms with Crippen molar-refractivity contribution in [3.05, 3.63) is 31.2 Å². The fraction of sp³-hybridized carbons (Fsp3) is 0.417. The Morgan fingerprint density at radius 2 is 1.71 bits per heavy atom. The molecule has 0 saturated heterocycles. The highest BCUT2D eigenvalue weighted by Crippen LogP contribution is 2.26. The molecule has 0 aliphatic rings. The van der Waals surface area contributed by atoms with Gasteiger partial charge in [0.15, 0.2) is 11.5 Å². The van der Waals surface area contributed by atoms with E-state index in [4.69, 9.17) is 9.47 Å². The van der Waals surface area contributed by atoms with E-state index in [0.717, 1.165) is 11.5 Å². The summed E-state index contributed by atoms with van der Waals surface area (Å²) in [6.45, 7) is 9.00. The molecule has 2 heteroatoms. The molecule has 0 heterocycles. The van der Waals surface area contributed by atoms with Crippen LogP contribution in [-0.2, 0) is 0 Å². The SMILES string of the molecule is [CH2]COc1ccccc1OCC(C)C. The topological polar surface area (TPSA) is 18.5 Å². The molecule has 2 nitrogen and oxygen atoms in total. The van der Waals surface area contributed by atoms with Gasteiger partial charge < -0.3 is 9.47 Å². The molecule has 1 aromatic carbocycles. The smallest absolute Gasteiger partial charge is 0.161 e. The molecule has 0 amide bonds. The van der Waals surface area contributed by atoms with Crippen molar-refractivity contribution in [2.24, 2.45) is 5.92 Å². The Balaban J connectivity index is 2.64. The molecule has 0 aromatic heterocycles. The number of para-hydroxylation sites is 2. The molecule has 1 rings (SSSR count). The van der Waals surface area contributed by atoms with Crippen LogP contribution in [0.2, 0.25) is 0 Å². The van der Waals surface area contributed by atoms with E-state index < -0.39 is 0 Å². The van der Waals surface area contributed by atoms with E-state index >= 15 is 0 Å². The first-order valence-electron chi connectivity index (χ1n) is 4.88. The summed E-state index contributed by atoms with van der Waals surface area (Å²) in [4.78, 5) is 0. The average molecular weight is 193 g/mol. The molecular formula is C12H17O2. The highest BCUT2D eigenvalue weighted by atomic mass is 16.5. The maximum Gasteiger partial charge on any atom is 0.161 e. The third-order valence-electron chi connectivity index (χ3n) is 1.68. The van der Waals surface area contributed by atoms with Crippen molar-refractivity contribution in [1.82, 2.24) is 0 Å². The Morgan fingerprint density at radius 1 is 1.14 bits per heavy atom. The first kappa shape index (κ1) is 10.9. The lowest BCUT2D eigenvalue weighted by molar-refractivity contribution is 0.251. The molecule has 0 atom stereocenters. The minimum Gasteiger partial charge on any atom is -0.490 e. The predicted molar refractivity (Wildman–Crippen MR) is 57.6 cm³/mol. The van der Waals surface area contributed by atoms with Gasteiger partial charge in [0.05, 0.1) is 13.2 Å². The zero-order valence-electron chi connectivity index (χ0n) is 8.82. The molecule has 1 radical (unpaired) electrons. The van der Waals surface area contributed by atoms with E-state index in [1.54, 1.807) is 0 Å². The molecule has 0 aliphatic carbocycles. The minimum absolute atomic E-state index is 0.419. The summed E-state index contributed by atoms with van der Waals surface area (Å²) < 4.78 is 10.9. The third kappa shape index (κ3) is 3.29. The fourth-order valence-corrected chi connectivity index (χ4v) is 1.06. The quantitative estimate of drug-likeness (QED) is 0.715. The molecule has 0 aliphatic heterocycles. The van der Waals surface area contributed by atoms with E-state index in [1.165, 1.54) is 0 Å². The molecule has 0 bridgehead atoms. The number of benzene rings is 1. The molecule has 0 N–H and O–H groups in total. The second-order valence-corrected chi connectivity index (χ2v) is 3.50. The van der Waals surface area contributed by atoms with Crippen LogP contribution in [0.25, 0.3) is 0 Å². The van der Waals surface area contributed by atoms with Gasteiger partial charge in [-0.2, -0.15) is 0 Å². The lowest BCUT2D eigenvalue weighted by Gasteiger charge is -2.12.